The van der Waals surface area contributed by atoms with Crippen LogP contribution < -0.4 is 0 Å². The summed E-state index contributed by atoms with van der Waals surface area (Å²) in [5.74, 6) is 0. The highest BCUT2D eigenvalue weighted by molar-refractivity contribution is 5.70. The fourth-order valence-electron chi connectivity index (χ4n) is 1.81. The molecule has 1 heterocycles. The zero-order valence-corrected chi connectivity index (χ0v) is 10.2. The van der Waals surface area contributed by atoms with E-state index in [4.69, 9.17) is 4.74 Å². The van der Waals surface area contributed by atoms with Crippen molar-refractivity contribution in [2.45, 2.75) is 51.7 Å². The number of amides is 1. The van der Waals surface area contributed by atoms with Crippen molar-refractivity contribution in [1.29, 1.82) is 0 Å². The third-order valence-corrected chi connectivity index (χ3v) is 2.73. The Bertz CT molecular complexity index is 267. The van der Waals surface area contributed by atoms with E-state index in [-0.39, 0.29) is 11.6 Å². The van der Waals surface area contributed by atoms with Gasteiger partial charge in [-0.1, -0.05) is 6.08 Å². The first kappa shape index (κ1) is 12.1. The minimum atomic E-state index is -0.429. The molecule has 1 atom stereocenters. The molecule has 86 valence electrons. The lowest BCUT2D eigenvalue weighted by Gasteiger charge is -2.33. The average Bonchev–Trinajstić information content (AvgIpc) is 2.45. The Kier molecular flexibility index (Phi) is 3.12. The molecule has 0 spiro atoms. The normalized spacial score (nSPS) is 26.5. The number of nitrogens with zero attached hydrogens (tertiary/aromatic N) is 1. The van der Waals surface area contributed by atoms with Gasteiger partial charge in [-0.25, -0.2) is 4.79 Å². The molecule has 1 aliphatic rings. The van der Waals surface area contributed by atoms with E-state index < -0.39 is 5.60 Å². The standard InChI is InChI=1S/C12H21NO2/c1-6-12(5)8-7-9-13(12)10(14)15-11(2,3)4/h6H,1,7-9H2,2-5H3. The Morgan fingerprint density at radius 3 is 2.60 bits per heavy atom. The smallest absolute Gasteiger partial charge is 0.410 e. The molecule has 1 aliphatic heterocycles. The van der Waals surface area contributed by atoms with Crippen molar-refractivity contribution in [3.8, 4) is 0 Å². The predicted molar refractivity (Wildman–Crippen MR) is 60.8 cm³/mol. The summed E-state index contributed by atoms with van der Waals surface area (Å²) in [5, 5.41) is 0. The van der Waals surface area contributed by atoms with Crippen molar-refractivity contribution in [3.63, 3.8) is 0 Å². The topological polar surface area (TPSA) is 29.5 Å². The first-order valence-corrected chi connectivity index (χ1v) is 5.43. The molecule has 0 aromatic carbocycles. The van der Waals surface area contributed by atoms with Crippen LogP contribution in [-0.2, 0) is 4.74 Å². The summed E-state index contributed by atoms with van der Waals surface area (Å²) in [4.78, 5) is 13.7. The predicted octanol–water partition coefficient (Wildman–Crippen LogP) is 2.96. The minimum Gasteiger partial charge on any atom is -0.444 e. The first-order chi connectivity index (χ1) is 6.78. The van der Waals surface area contributed by atoms with Gasteiger partial charge >= 0.3 is 6.09 Å². The van der Waals surface area contributed by atoms with E-state index in [0.717, 1.165) is 19.4 Å². The number of rotatable bonds is 1. The van der Waals surface area contributed by atoms with Crippen LogP contribution in [0.4, 0.5) is 4.79 Å². The van der Waals surface area contributed by atoms with Crippen LogP contribution in [0.2, 0.25) is 0 Å². The average molecular weight is 211 g/mol. The maximum absolute atomic E-state index is 11.9. The van der Waals surface area contributed by atoms with E-state index in [0.29, 0.717) is 0 Å². The van der Waals surface area contributed by atoms with Crippen LogP contribution in [-0.4, -0.2) is 28.7 Å². The van der Waals surface area contributed by atoms with E-state index in [1.807, 2.05) is 33.8 Å². The zero-order valence-electron chi connectivity index (χ0n) is 10.2. The Morgan fingerprint density at radius 2 is 2.13 bits per heavy atom. The maximum Gasteiger partial charge on any atom is 0.410 e. The molecular formula is C12H21NO2. The van der Waals surface area contributed by atoms with Crippen molar-refractivity contribution in [2.75, 3.05) is 6.54 Å². The van der Waals surface area contributed by atoms with Crippen LogP contribution in [0.3, 0.4) is 0 Å². The van der Waals surface area contributed by atoms with Crippen LogP contribution >= 0.6 is 0 Å². The van der Waals surface area contributed by atoms with Gasteiger partial charge in [0.25, 0.3) is 0 Å². The molecule has 0 aliphatic carbocycles. The zero-order chi connectivity index (χ0) is 11.7. The lowest BCUT2D eigenvalue weighted by Crippen LogP contribution is -2.45. The number of hydrogen-bond donors (Lipinski definition) is 0. The Hall–Kier alpha value is -0.990. The summed E-state index contributed by atoms with van der Waals surface area (Å²) in [6.45, 7) is 12.2. The second-order valence-electron chi connectivity index (χ2n) is 5.30. The van der Waals surface area contributed by atoms with Gasteiger partial charge in [-0.15, -0.1) is 6.58 Å². The van der Waals surface area contributed by atoms with Crippen LogP contribution in [0.1, 0.15) is 40.5 Å². The van der Waals surface area contributed by atoms with Gasteiger partial charge < -0.3 is 4.74 Å². The Labute approximate surface area is 92.1 Å². The second kappa shape index (κ2) is 3.87. The van der Waals surface area contributed by atoms with Gasteiger partial charge in [0.2, 0.25) is 0 Å². The summed E-state index contributed by atoms with van der Waals surface area (Å²) in [6.07, 6.45) is 3.59. The molecule has 0 aromatic rings. The summed E-state index contributed by atoms with van der Waals surface area (Å²) in [5.41, 5.74) is -0.663. The highest BCUT2D eigenvalue weighted by atomic mass is 16.6. The first-order valence-electron chi connectivity index (χ1n) is 5.43. The molecule has 0 N–H and O–H groups in total. The fraction of sp³-hybridized carbons (Fsp3) is 0.750. The lowest BCUT2D eigenvalue weighted by atomic mass is 10.00. The van der Waals surface area contributed by atoms with Crippen LogP contribution in [0.15, 0.2) is 12.7 Å². The summed E-state index contributed by atoms with van der Waals surface area (Å²) in [7, 11) is 0. The molecule has 15 heavy (non-hydrogen) atoms. The largest absolute Gasteiger partial charge is 0.444 e. The highest BCUT2D eigenvalue weighted by Crippen LogP contribution is 2.31. The van der Waals surface area contributed by atoms with Gasteiger partial charge in [-0.2, -0.15) is 0 Å². The summed E-state index contributed by atoms with van der Waals surface area (Å²) < 4.78 is 5.36. The summed E-state index contributed by atoms with van der Waals surface area (Å²) >= 11 is 0. The third kappa shape index (κ3) is 2.74. The number of hydrogen-bond acceptors (Lipinski definition) is 2. The number of ether oxygens (including phenoxy) is 1. The molecule has 3 heteroatoms. The van der Waals surface area contributed by atoms with Gasteiger partial charge in [0, 0.05) is 6.54 Å². The molecule has 3 nitrogen and oxygen atoms in total. The number of likely N-dealkylation sites (tertiary alicyclic amines) is 1. The van der Waals surface area contributed by atoms with Crippen molar-refractivity contribution in [3.05, 3.63) is 12.7 Å². The minimum absolute atomic E-state index is 0.234. The molecule has 1 unspecified atom stereocenters. The fourth-order valence-corrected chi connectivity index (χ4v) is 1.81. The van der Waals surface area contributed by atoms with E-state index >= 15 is 0 Å². The van der Waals surface area contributed by atoms with E-state index in [1.165, 1.54) is 0 Å². The molecule has 0 aromatic heterocycles. The number of carbonyl (C=O) groups excluding carboxylic acids is 1. The molecule has 1 amide bonds. The summed E-state index contributed by atoms with van der Waals surface area (Å²) in [6, 6.07) is 0. The van der Waals surface area contributed by atoms with E-state index in [2.05, 4.69) is 6.58 Å². The molecular weight excluding hydrogens is 190 g/mol. The molecule has 0 radical (unpaired) electrons. The number of carbonyl (C=O) groups is 1. The monoisotopic (exact) mass is 211 g/mol. The van der Waals surface area contributed by atoms with Crippen molar-refractivity contribution in [1.82, 2.24) is 4.90 Å². The van der Waals surface area contributed by atoms with Gasteiger partial charge in [-0.3, -0.25) is 4.90 Å². The third-order valence-electron chi connectivity index (χ3n) is 2.73. The van der Waals surface area contributed by atoms with E-state index in [1.54, 1.807) is 4.90 Å². The quantitative estimate of drug-likeness (QED) is 0.624. The van der Waals surface area contributed by atoms with Crippen molar-refractivity contribution < 1.29 is 9.53 Å². The van der Waals surface area contributed by atoms with E-state index in [9.17, 15) is 4.79 Å². The van der Waals surface area contributed by atoms with Gasteiger partial charge in [0.1, 0.15) is 5.60 Å². The van der Waals surface area contributed by atoms with Crippen LogP contribution in [0, 0.1) is 0 Å². The van der Waals surface area contributed by atoms with Crippen LogP contribution in [0.25, 0.3) is 0 Å². The van der Waals surface area contributed by atoms with Gasteiger partial charge in [-0.05, 0) is 40.5 Å². The molecule has 1 fully saturated rings. The van der Waals surface area contributed by atoms with Gasteiger partial charge in [0.15, 0.2) is 0 Å². The second-order valence-corrected chi connectivity index (χ2v) is 5.30. The van der Waals surface area contributed by atoms with Gasteiger partial charge in [0.05, 0.1) is 5.54 Å². The van der Waals surface area contributed by atoms with Crippen molar-refractivity contribution >= 4 is 6.09 Å². The Balaban J connectivity index is 2.72. The van der Waals surface area contributed by atoms with Crippen molar-refractivity contribution in [2.24, 2.45) is 0 Å². The molecule has 1 saturated heterocycles. The maximum atomic E-state index is 11.9. The highest BCUT2D eigenvalue weighted by Gasteiger charge is 2.39. The Morgan fingerprint density at radius 1 is 1.53 bits per heavy atom. The lowest BCUT2D eigenvalue weighted by molar-refractivity contribution is 0.0169. The SMILES string of the molecule is C=CC1(C)CCCN1C(=O)OC(C)(C)C. The molecule has 1 rings (SSSR count). The molecule has 0 saturated carbocycles. The van der Waals surface area contributed by atoms with Crippen LogP contribution in [0.5, 0.6) is 0 Å². The molecule has 0 bridgehead atoms.